The molecule has 0 aromatic carbocycles. The van der Waals surface area contributed by atoms with E-state index in [1.165, 1.54) is 19.3 Å². The molecule has 14 heavy (non-hydrogen) atoms. The van der Waals surface area contributed by atoms with Gasteiger partial charge in [0.15, 0.2) is 0 Å². The Hall–Kier alpha value is -0.570. The van der Waals surface area contributed by atoms with Crippen molar-refractivity contribution < 1.29 is 9.63 Å². The van der Waals surface area contributed by atoms with Gasteiger partial charge in [-0.2, -0.15) is 0 Å². The molecule has 3 heteroatoms. The Morgan fingerprint density at radius 2 is 1.93 bits per heavy atom. The van der Waals surface area contributed by atoms with Crippen LogP contribution in [-0.4, -0.2) is 24.1 Å². The van der Waals surface area contributed by atoms with Crippen molar-refractivity contribution in [2.45, 2.75) is 45.4 Å². The fourth-order valence-electron chi connectivity index (χ4n) is 2.45. The number of rotatable bonds is 1. The Labute approximate surface area is 85.4 Å². The van der Waals surface area contributed by atoms with Crippen molar-refractivity contribution in [1.29, 1.82) is 0 Å². The topological polar surface area (TPSA) is 29.5 Å². The molecule has 1 aliphatic heterocycles. The summed E-state index contributed by atoms with van der Waals surface area (Å²) in [5, 5.41) is 1.59. The monoisotopic (exact) mass is 197 g/mol. The predicted molar refractivity (Wildman–Crippen MR) is 53.5 cm³/mol. The summed E-state index contributed by atoms with van der Waals surface area (Å²) in [6.07, 6.45) is 6.72. The zero-order chi connectivity index (χ0) is 10.0. The highest BCUT2D eigenvalue weighted by molar-refractivity contribution is 5.81. The third-order valence-electron chi connectivity index (χ3n) is 3.45. The van der Waals surface area contributed by atoms with Crippen molar-refractivity contribution in [2.24, 2.45) is 5.41 Å². The van der Waals surface area contributed by atoms with Crippen molar-refractivity contribution in [3.05, 3.63) is 0 Å². The number of carbonyl (C=O) groups excluding carboxylic acids is 1. The molecule has 2 aliphatic rings. The van der Waals surface area contributed by atoms with Gasteiger partial charge in [-0.25, -0.2) is 5.06 Å². The second kappa shape index (κ2) is 3.89. The van der Waals surface area contributed by atoms with Gasteiger partial charge in [0.05, 0.1) is 13.2 Å². The van der Waals surface area contributed by atoms with Gasteiger partial charge in [0.2, 0.25) is 0 Å². The van der Waals surface area contributed by atoms with Gasteiger partial charge in [0, 0.05) is 5.41 Å². The predicted octanol–water partition coefficient (Wildman–Crippen LogP) is 2.12. The normalized spacial score (nSPS) is 26.5. The zero-order valence-corrected chi connectivity index (χ0v) is 8.92. The summed E-state index contributed by atoms with van der Waals surface area (Å²) < 4.78 is 0. The van der Waals surface area contributed by atoms with Gasteiger partial charge in [0.1, 0.15) is 0 Å². The summed E-state index contributed by atoms with van der Waals surface area (Å²) in [6, 6.07) is 0. The van der Waals surface area contributed by atoms with Crippen LogP contribution < -0.4 is 0 Å². The molecule has 3 nitrogen and oxygen atoms in total. The molecule has 1 saturated carbocycles. The van der Waals surface area contributed by atoms with E-state index in [9.17, 15) is 4.79 Å². The van der Waals surface area contributed by atoms with Crippen molar-refractivity contribution in [2.75, 3.05) is 13.2 Å². The van der Waals surface area contributed by atoms with Crippen molar-refractivity contribution in [1.82, 2.24) is 5.06 Å². The van der Waals surface area contributed by atoms with E-state index in [4.69, 9.17) is 4.84 Å². The Kier molecular flexibility index (Phi) is 2.77. The summed E-state index contributed by atoms with van der Waals surface area (Å²) in [4.78, 5) is 17.4. The van der Waals surface area contributed by atoms with Crippen molar-refractivity contribution in [3.8, 4) is 0 Å². The molecule has 2 rings (SSSR count). The van der Waals surface area contributed by atoms with E-state index < -0.39 is 0 Å². The fourth-order valence-corrected chi connectivity index (χ4v) is 2.45. The number of nitrogens with zero attached hydrogens (tertiary/aromatic N) is 1. The van der Waals surface area contributed by atoms with Gasteiger partial charge in [-0.3, -0.25) is 9.63 Å². The van der Waals surface area contributed by atoms with Gasteiger partial charge in [-0.15, -0.1) is 0 Å². The first-order valence-electron chi connectivity index (χ1n) is 5.67. The molecule has 0 spiro atoms. The minimum atomic E-state index is -0.136. The first-order valence-corrected chi connectivity index (χ1v) is 5.67. The Bertz CT molecular complexity index is 215. The molecule has 2 fully saturated rings. The van der Waals surface area contributed by atoms with E-state index in [2.05, 4.69) is 6.92 Å². The second-order valence-electron chi connectivity index (χ2n) is 4.72. The van der Waals surface area contributed by atoms with E-state index in [0.29, 0.717) is 6.61 Å². The zero-order valence-electron chi connectivity index (χ0n) is 8.92. The minimum Gasteiger partial charge on any atom is -0.272 e. The molecule has 1 saturated heterocycles. The quantitative estimate of drug-likeness (QED) is 0.644. The van der Waals surface area contributed by atoms with Crippen LogP contribution in [0.1, 0.15) is 45.4 Å². The van der Waals surface area contributed by atoms with Crippen LogP contribution in [0.25, 0.3) is 0 Å². The average molecular weight is 197 g/mol. The van der Waals surface area contributed by atoms with Gasteiger partial charge >= 0.3 is 0 Å². The lowest BCUT2D eigenvalue weighted by Crippen LogP contribution is -2.41. The van der Waals surface area contributed by atoms with E-state index in [-0.39, 0.29) is 11.3 Å². The minimum absolute atomic E-state index is 0.136. The Balaban J connectivity index is 2.00. The highest BCUT2D eigenvalue weighted by Gasteiger charge is 2.39. The molecule has 80 valence electrons. The van der Waals surface area contributed by atoms with Gasteiger partial charge in [0.25, 0.3) is 5.91 Å². The van der Waals surface area contributed by atoms with Gasteiger partial charge < -0.3 is 0 Å². The van der Waals surface area contributed by atoms with Crippen molar-refractivity contribution in [3.63, 3.8) is 0 Å². The third kappa shape index (κ3) is 1.78. The third-order valence-corrected chi connectivity index (χ3v) is 3.45. The maximum atomic E-state index is 12.1. The standard InChI is InChI=1S/C11H19NO2/c1-11(6-3-2-4-7-11)10(13)12-8-5-9-14-12/h2-9H2,1H3. The maximum absolute atomic E-state index is 12.1. The molecule has 1 heterocycles. The van der Waals surface area contributed by atoms with Gasteiger partial charge in [-0.1, -0.05) is 26.2 Å². The summed E-state index contributed by atoms with van der Waals surface area (Å²) >= 11 is 0. The second-order valence-corrected chi connectivity index (χ2v) is 4.72. The molecule has 0 N–H and O–H groups in total. The fraction of sp³-hybridized carbons (Fsp3) is 0.909. The molecule has 1 amide bonds. The Morgan fingerprint density at radius 1 is 1.21 bits per heavy atom. The van der Waals surface area contributed by atoms with Crippen LogP contribution in [0.2, 0.25) is 0 Å². The average Bonchev–Trinajstić information content (AvgIpc) is 2.70. The van der Waals surface area contributed by atoms with E-state index >= 15 is 0 Å². The number of amides is 1. The summed E-state index contributed by atoms with van der Waals surface area (Å²) in [6.45, 7) is 3.59. The van der Waals surface area contributed by atoms with Crippen LogP contribution in [0.15, 0.2) is 0 Å². The molecule has 0 atom stereocenters. The maximum Gasteiger partial charge on any atom is 0.252 e. The number of hydroxylamine groups is 2. The molecular weight excluding hydrogens is 178 g/mol. The van der Waals surface area contributed by atoms with Crippen LogP contribution in [0.3, 0.4) is 0 Å². The number of hydrogen-bond donors (Lipinski definition) is 0. The summed E-state index contributed by atoms with van der Waals surface area (Å²) in [5.74, 6) is 0.217. The lowest BCUT2D eigenvalue weighted by Gasteiger charge is -2.34. The molecule has 0 aromatic rings. The Morgan fingerprint density at radius 3 is 2.50 bits per heavy atom. The lowest BCUT2D eigenvalue weighted by molar-refractivity contribution is -0.181. The number of hydrogen-bond acceptors (Lipinski definition) is 2. The van der Waals surface area contributed by atoms with E-state index in [1.54, 1.807) is 5.06 Å². The number of carbonyl (C=O) groups is 1. The first kappa shape index (κ1) is 9.97. The van der Waals surface area contributed by atoms with Gasteiger partial charge in [-0.05, 0) is 19.3 Å². The first-order chi connectivity index (χ1) is 6.72. The molecule has 1 aliphatic carbocycles. The van der Waals surface area contributed by atoms with E-state index in [0.717, 1.165) is 25.8 Å². The molecule has 0 unspecified atom stereocenters. The molecule has 0 aromatic heterocycles. The molecule has 0 radical (unpaired) electrons. The van der Waals surface area contributed by atoms with E-state index in [1.807, 2.05) is 0 Å². The highest BCUT2D eigenvalue weighted by Crippen LogP contribution is 2.37. The summed E-state index contributed by atoms with van der Waals surface area (Å²) in [5.41, 5.74) is -0.136. The van der Waals surface area contributed by atoms with Crippen LogP contribution in [-0.2, 0) is 9.63 Å². The van der Waals surface area contributed by atoms with Crippen LogP contribution in [0.4, 0.5) is 0 Å². The molecule has 0 bridgehead atoms. The SMILES string of the molecule is CC1(C(=O)N2CCCO2)CCCCC1. The largest absolute Gasteiger partial charge is 0.272 e. The molecular formula is C11H19NO2. The van der Waals surface area contributed by atoms with Crippen LogP contribution >= 0.6 is 0 Å². The summed E-state index contributed by atoms with van der Waals surface area (Å²) in [7, 11) is 0. The smallest absolute Gasteiger partial charge is 0.252 e. The van der Waals surface area contributed by atoms with Crippen LogP contribution in [0, 0.1) is 5.41 Å². The highest BCUT2D eigenvalue weighted by atomic mass is 16.7. The lowest BCUT2D eigenvalue weighted by atomic mass is 9.75. The van der Waals surface area contributed by atoms with Crippen LogP contribution in [0.5, 0.6) is 0 Å². The van der Waals surface area contributed by atoms with Crippen molar-refractivity contribution >= 4 is 5.91 Å².